The first kappa shape index (κ1) is 25.5. The van der Waals surface area contributed by atoms with E-state index in [9.17, 15) is 9.90 Å². The van der Waals surface area contributed by atoms with Crippen molar-refractivity contribution in [1.82, 2.24) is 10.2 Å². The molecule has 0 spiro atoms. The van der Waals surface area contributed by atoms with Gasteiger partial charge in [0.25, 0.3) is 0 Å². The molecule has 2 saturated heterocycles. The Morgan fingerprint density at radius 2 is 1.74 bits per heavy atom. The minimum absolute atomic E-state index is 0.0306. The lowest BCUT2D eigenvalue weighted by Gasteiger charge is -2.30. The number of hydrogen-bond donors (Lipinski definition) is 2. The first-order valence-electron chi connectivity index (χ1n) is 14.6. The van der Waals surface area contributed by atoms with Gasteiger partial charge < -0.3 is 29.7 Å². The van der Waals surface area contributed by atoms with Crippen molar-refractivity contribution in [3.8, 4) is 11.5 Å². The SMILES string of the molecule is O=C(CC1CCN(c2ccc3c(c2)CCCC3)C1)NC(CN1CCCC1)C(O)c1ccc2c(c1)OCCO2. The maximum Gasteiger partial charge on any atom is 0.220 e. The lowest BCUT2D eigenvalue weighted by Crippen LogP contribution is -2.47. The molecule has 0 saturated carbocycles. The lowest BCUT2D eigenvalue weighted by molar-refractivity contribution is -0.123. The fraction of sp³-hybridized carbons (Fsp3) is 0.581. The Morgan fingerprint density at radius 1 is 0.947 bits per heavy atom. The second-order valence-corrected chi connectivity index (χ2v) is 11.5. The summed E-state index contributed by atoms with van der Waals surface area (Å²) in [7, 11) is 0. The van der Waals surface area contributed by atoms with E-state index in [2.05, 4.69) is 33.3 Å². The Balaban J connectivity index is 1.09. The summed E-state index contributed by atoms with van der Waals surface area (Å²) in [6.07, 6.45) is 8.01. The smallest absolute Gasteiger partial charge is 0.220 e. The highest BCUT2D eigenvalue weighted by molar-refractivity contribution is 5.77. The Hall–Kier alpha value is -2.77. The number of fused-ring (bicyclic) bond motifs is 2. The molecule has 3 aliphatic heterocycles. The molecule has 0 bridgehead atoms. The van der Waals surface area contributed by atoms with Crippen LogP contribution < -0.4 is 19.7 Å². The Morgan fingerprint density at radius 3 is 2.58 bits per heavy atom. The van der Waals surface area contributed by atoms with Crippen molar-refractivity contribution in [3.63, 3.8) is 0 Å². The lowest BCUT2D eigenvalue weighted by atomic mass is 9.91. The van der Waals surface area contributed by atoms with Gasteiger partial charge in [0.15, 0.2) is 11.5 Å². The van der Waals surface area contributed by atoms with E-state index in [4.69, 9.17) is 9.47 Å². The number of likely N-dealkylation sites (tertiary alicyclic amines) is 1. The largest absolute Gasteiger partial charge is 0.486 e. The first-order valence-corrected chi connectivity index (χ1v) is 14.6. The molecule has 38 heavy (non-hydrogen) atoms. The second kappa shape index (κ2) is 11.5. The van der Waals surface area contributed by atoms with Crippen LogP contribution in [-0.2, 0) is 17.6 Å². The van der Waals surface area contributed by atoms with E-state index in [0.717, 1.165) is 38.2 Å². The van der Waals surface area contributed by atoms with Crippen LogP contribution in [0.3, 0.4) is 0 Å². The van der Waals surface area contributed by atoms with Crippen molar-refractivity contribution < 1.29 is 19.4 Å². The summed E-state index contributed by atoms with van der Waals surface area (Å²) in [4.78, 5) is 18.1. The van der Waals surface area contributed by atoms with Crippen LogP contribution in [0.15, 0.2) is 36.4 Å². The topological polar surface area (TPSA) is 74.3 Å². The molecule has 2 fully saturated rings. The standard InChI is InChI=1S/C31H41N3O4/c35-30(17-22-11-14-34(20-22)26-9-7-23-5-1-2-6-24(23)18-26)32-27(21-33-12-3-4-13-33)31(36)25-8-10-28-29(19-25)38-16-15-37-28/h7-10,18-19,22,27,31,36H,1-6,11-17,20-21H2,(H,32,35). The van der Waals surface area contributed by atoms with Crippen molar-refractivity contribution in [3.05, 3.63) is 53.1 Å². The minimum Gasteiger partial charge on any atom is -0.486 e. The number of aliphatic hydroxyl groups is 1. The zero-order valence-electron chi connectivity index (χ0n) is 22.4. The summed E-state index contributed by atoms with van der Waals surface area (Å²) in [6, 6.07) is 12.2. The zero-order chi connectivity index (χ0) is 25.9. The number of nitrogens with one attached hydrogen (secondary N) is 1. The van der Waals surface area contributed by atoms with Crippen molar-refractivity contribution >= 4 is 11.6 Å². The highest BCUT2D eigenvalue weighted by Crippen LogP contribution is 2.34. The van der Waals surface area contributed by atoms with Crippen LogP contribution in [-0.4, -0.2) is 67.9 Å². The van der Waals surface area contributed by atoms with Crippen molar-refractivity contribution in [2.75, 3.05) is 50.8 Å². The number of aliphatic hydroxyl groups excluding tert-OH is 1. The average Bonchev–Trinajstić information content (AvgIpc) is 3.64. The second-order valence-electron chi connectivity index (χ2n) is 11.5. The van der Waals surface area contributed by atoms with E-state index in [1.54, 1.807) is 0 Å². The van der Waals surface area contributed by atoms with Crippen molar-refractivity contribution in [2.45, 2.75) is 63.5 Å². The van der Waals surface area contributed by atoms with E-state index in [0.29, 0.717) is 43.6 Å². The van der Waals surface area contributed by atoms with Crippen LogP contribution in [0.4, 0.5) is 5.69 Å². The Kier molecular flexibility index (Phi) is 7.75. The van der Waals surface area contributed by atoms with E-state index in [1.165, 1.54) is 55.3 Å². The van der Waals surface area contributed by atoms with E-state index >= 15 is 0 Å². The van der Waals surface area contributed by atoms with Crippen LogP contribution in [0.1, 0.15) is 61.3 Å². The summed E-state index contributed by atoms with van der Waals surface area (Å²) < 4.78 is 11.4. The third-order valence-corrected chi connectivity index (χ3v) is 8.75. The van der Waals surface area contributed by atoms with Crippen molar-refractivity contribution in [1.29, 1.82) is 0 Å². The molecule has 3 atom stereocenters. The van der Waals surface area contributed by atoms with E-state index in [-0.39, 0.29) is 11.9 Å². The van der Waals surface area contributed by atoms with Gasteiger partial charge in [0.1, 0.15) is 19.3 Å². The summed E-state index contributed by atoms with van der Waals surface area (Å²) >= 11 is 0. The van der Waals surface area contributed by atoms with Gasteiger partial charge in [-0.3, -0.25) is 4.79 Å². The van der Waals surface area contributed by atoms with E-state index in [1.807, 2.05) is 18.2 Å². The number of nitrogens with zero attached hydrogens (tertiary/aromatic N) is 2. The molecule has 1 aliphatic carbocycles. The number of hydrogen-bond acceptors (Lipinski definition) is 6. The third kappa shape index (κ3) is 5.79. The molecule has 2 N–H and O–H groups in total. The van der Waals surface area contributed by atoms with Gasteiger partial charge in [-0.1, -0.05) is 12.1 Å². The van der Waals surface area contributed by atoms with Crippen molar-refractivity contribution in [2.24, 2.45) is 5.92 Å². The van der Waals surface area contributed by atoms with E-state index < -0.39 is 6.10 Å². The molecule has 2 aromatic carbocycles. The molecule has 0 radical (unpaired) electrons. The van der Waals surface area contributed by atoms with Crippen LogP contribution >= 0.6 is 0 Å². The number of rotatable bonds is 8. The maximum atomic E-state index is 13.3. The van der Waals surface area contributed by atoms with Gasteiger partial charge in [-0.2, -0.15) is 0 Å². The van der Waals surface area contributed by atoms with Gasteiger partial charge in [-0.15, -0.1) is 0 Å². The highest BCUT2D eigenvalue weighted by atomic mass is 16.6. The molecule has 3 heterocycles. The quantitative estimate of drug-likeness (QED) is 0.552. The highest BCUT2D eigenvalue weighted by Gasteiger charge is 2.30. The summed E-state index contributed by atoms with van der Waals surface area (Å²) in [6.45, 7) is 5.61. The van der Waals surface area contributed by atoms with Gasteiger partial charge in [-0.05, 0) is 105 Å². The first-order chi connectivity index (χ1) is 18.6. The summed E-state index contributed by atoms with van der Waals surface area (Å²) in [5, 5.41) is 14.6. The zero-order valence-corrected chi connectivity index (χ0v) is 22.4. The van der Waals surface area contributed by atoms with Crippen LogP contribution in [0.2, 0.25) is 0 Å². The molecule has 1 amide bonds. The molecule has 2 aromatic rings. The molecule has 6 rings (SSSR count). The average molecular weight is 520 g/mol. The number of anilines is 1. The minimum atomic E-state index is -0.814. The molecule has 204 valence electrons. The number of carbonyl (C=O) groups excluding carboxylic acids is 1. The van der Waals surface area contributed by atoms with Crippen LogP contribution in [0.25, 0.3) is 0 Å². The number of ether oxygens (including phenoxy) is 2. The van der Waals surface area contributed by atoms with Gasteiger partial charge in [0.05, 0.1) is 6.04 Å². The normalized spacial score (nSPS) is 22.7. The van der Waals surface area contributed by atoms with Crippen LogP contribution in [0.5, 0.6) is 11.5 Å². The molecule has 0 aromatic heterocycles. The Bertz CT molecular complexity index is 1130. The number of aryl methyl sites for hydroxylation is 2. The molecule has 3 unspecified atom stereocenters. The number of amides is 1. The molecule has 7 heteroatoms. The third-order valence-electron chi connectivity index (χ3n) is 8.75. The summed E-state index contributed by atoms with van der Waals surface area (Å²) in [5.41, 5.74) is 5.07. The molecular formula is C31H41N3O4. The summed E-state index contributed by atoms with van der Waals surface area (Å²) in [5.74, 6) is 1.72. The predicted molar refractivity (Wildman–Crippen MR) is 148 cm³/mol. The van der Waals surface area contributed by atoms with Gasteiger partial charge in [0, 0.05) is 31.7 Å². The maximum absolute atomic E-state index is 13.3. The number of benzene rings is 2. The molecule has 7 nitrogen and oxygen atoms in total. The number of carbonyl (C=O) groups is 1. The van der Waals surface area contributed by atoms with Gasteiger partial charge >= 0.3 is 0 Å². The van der Waals surface area contributed by atoms with Gasteiger partial charge in [-0.25, -0.2) is 0 Å². The fourth-order valence-electron chi connectivity index (χ4n) is 6.62. The Labute approximate surface area is 226 Å². The predicted octanol–water partition coefficient (Wildman–Crippen LogP) is 3.87. The van der Waals surface area contributed by atoms with Gasteiger partial charge in [0.2, 0.25) is 5.91 Å². The molecular weight excluding hydrogens is 478 g/mol. The molecule has 4 aliphatic rings. The fourth-order valence-corrected chi connectivity index (χ4v) is 6.62. The van der Waals surface area contributed by atoms with Crippen LogP contribution in [0, 0.1) is 5.92 Å². The monoisotopic (exact) mass is 519 g/mol.